The zero-order valence-corrected chi connectivity index (χ0v) is 11.6. The molecule has 0 aliphatic rings. The molecule has 0 aliphatic heterocycles. The Kier molecular flexibility index (Phi) is 4.70. The van der Waals surface area contributed by atoms with Crippen LogP contribution in [0.1, 0.15) is 17.3 Å². The number of methoxy groups -OCH3 is 1. The number of carbonyl (C=O) groups excluding carboxylic acids is 1. The SMILES string of the molecule is COC(=O)C(Cc1ccc(Cl)cc1)n1cc(CO)nn1. The van der Waals surface area contributed by atoms with Crippen LogP contribution in [0.2, 0.25) is 5.02 Å². The number of rotatable bonds is 5. The minimum absolute atomic E-state index is 0.227. The molecule has 2 aromatic rings. The summed E-state index contributed by atoms with van der Waals surface area (Å²) in [5, 5.41) is 17.2. The fourth-order valence-electron chi connectivity index (χ4n) is 1.80. The lowest BCUT2D eigenvalue weighted by molar-refractivity contribution is -0.144. The second kappa shape index (κ2) is 6.49. The van der Waals surface area contributed by atoms with Crippen LogP contribution in [-0.4, -0.2) is 33.2 Å². The van der Waals surface area contributed by atoms with Gasteiger partial charge in [-0.15, -0.1) is 5.10 Å². The number of halogens is 1. The van der Waals surface area contributed by atoms with Crippen molar-refractivity contribution in [2.45, 2.75) is 19.1 Å². The number of esters is 1. The lowest BCUT2D eigenvalue weighted by atomic mass is 10.1. The van der Waals surface area contributed by atoms with E-state index in [0.29, 0.717) is 17.1 Å². The summed E-state index contributed by atoms with van der Waals surface area (Å²) in [7, 11) is 1.32. The van der Waals surface area contributed by atoms with Crippen molar-refractivity contribution in [1.29, 1.82) is 0 Å². The summed E-state index contributed by atoms with van der Waals surface area (Å²) < 4.78 is 6.18. The molecule has 2 rings (SSSR count). The van der Waals surface area contributed by atoms with E-state index in [1.54, 1.807) is 12.1 Å². The molecule has 0 saturated heterocycles. The fraction of sp³-hybridized carbons (Fsp3) is 0.308. The average Bonchev–Trinajstić information content (AvgIpc) is 2.94. The van der Waals surface area contributed by atoms with Crippen LogP contribution in [0.3, 0.4) is 0 Å². The highest BCUT2D eigenvalue weighted by Gasteiger charge is 2.23. The van der Waals surface area contributed by atoms with E-state index in [1.165, 1.54) is 18.0 Å². The predicted molar refractivity (Wildman–Crippen MR) is 72.2 cm³/mol. The zero-order valence-electron chi connectivity index (χ0n) is 10.9. The highest BCUT2D eigenvalue weighted by molar-refractivity contribution is 6.30. The highest BCUT2D eigenvalue weighted by Crippen LogP contribution is 2.17. The second-order valence-corrected chi connectivity index (χ2v) is 4.65. The third kappa shape index (κ3) is 3.34. The van der Waals surface area contributed by atoms with Gasteiger partial charge in [0.2, 0.25) is 0 Å². The van der Waals surface area contributed by atoms with Gasteiger partial charge >= 0.3 is 5.97 Å². The monoisotopic (exact) mass is 295 g/mol. The molecule has 1 N–H and O–H groups in total. The van der Waals surface area contributed by atoms with Gasteiger partial charge in [0.25, 0.3) is 0 Å². The van der Waals surface area contributed by atoms with Crippen molar-refractivity contribution in [2.75, 3.05) is 7.11 Å². The lowest BCUT2D eigenvalue weighted by Gasteiger charge is -2.14. The number of benzene rings is 1. The summed E-state index contributed by atoms with van der Waals surface area (Å²) in [6.07, 6.45) is 1.93. The second-order valence-electron chi connectivity index (χ2n) is 4.22. The van der Waals surface area contributed by atoms with Gasteiger partial charge in [0, 0.05) is 11.4 Å². The summed E-state index contributed by atoms with van der Waals surface area (Å²) in [6.45, 7) is -0.227. The van der Waals surface area contributed by atoms with Crippen molar-refractivity contribution >= 4 is 17.6 Å². The molecule has 0 fully saturated rings. The molecule has 7 heteroatoms. The molecule has 0 spiro atoms. The molecule has 0 amide bonds. The molecule has 106 valence electrons. The van der Waals surface area contributed by atoms with Crippen molar-refractivity contribution in [2.24, 2.45) is 0 Å². The van der Waals surface area contributed by atoms with Crippen LogP contribution < -0.4 is 0 Å². The quantitative estimate of drug-likeness (QED) is 0.843. The average molecular weight is 296 g/mol. The third-order valence-electron chi connectivity index (χ3n) is 2.85. The summed E-state index contributed by atoms with van der Waals surface area (Å²) in [5.74, 6) is -0.422. The molecule has 0 aliphatic carbocycles. The number of carbonyl (C=O) groups is 1. The first-order valence-corrected chi connectivity index (χ1v) is 6.35. The van der Waals surface area contributed by atoms with Crippen LogP contribution in [0.4, 0.5) is 0 Å². The van der Waals surface area contributed by atoms with Crippen LogP contribution in [0.5, 0.6) is 0 Å². The van der Waals surface area contributed by atoms with Crippen LogP contribution in [-0.2, 0) is 22.6 Å². The minimum atomic E-state index is -0.631. The number of hydrogen-bond acceptors (Lipinski definition) is 5. The summed E-state index contributed by atoms with van der Waals surface area (Å²) >= 11 is 5.83. The Morgan fingerprint density at radius 1 is 1.45 bits per heavy atom. The lowest BCUT2D eigenvalue weighted by Crippen LogP contribution is -2.23. The van der Waals surface area contributed by atoms with Crippen molar-refractivity contribution in [3.63, 3.8) is 0 Å². The molecule has 0 bridgehead atoms. The van der Waals surface area contributed by atoms with E-state index in [-0.39, 0.29) is 6.61 Å². The van der Waals surface area contributed by atoms with Crippen LogP contribution in [0.15, 0.2) is 30.5 Å². The van der Waals surface area contributed by atoms with E-state index in [0.717, 1.165) is 5.56 Å². The molecular formula is C13H14ClN3O3. The first-order valence-electron chi connectivity index (χ1n) is 5.98. The molecule has 1 heterocycles. The van der Waals surface area contributed by atoms with Crippen LogP contribution >= 0.6 is 11.6 Å². The number of hydrogen-bond donors (Lipinski definition) is 1. The Morgan fingerprint density at radius 3 is 2.70 bits per heavy atom. The fourth-order valence-corrected chi connectivity index (χ4v) is 1.93. The predicted octanol–water partition coefficient (Wildman–Crippen LogP) is 1.38. The molecular weight excluding hydrogens is 282 g/mol. The Labute approximate surface area is 120 Å². The van der Waals surface area contributed by atoms with E-state index in [2.05, 4.69) is 10.3 Å². The molecule has 1 atom stereocenters. The van der Waals surface area contributed by atoms with Crippen LogP contribution in [0.25, 0.3) is 0 Å². The molecule has 0 saturated carbocycles. The highest BCUT2D eigenvalue weighted by atomic mass is 35.5. The zero-order chi connectivity index (χ0) is 14.5. The Hall–Kier alpha value is -1.92. The van der Waals surface area contributed by atoms with Crippen molar-refractivity contribution < 1.29 is 14.6 Å². The molecule has 20 heavy (non-hydrogen) atoms. The van der Waals surface area contributed by atoms with Gasteiger partial charge in [0.05, 0.1) is 19.9 Å². The van der Waals surface area contributed by atoms with Gasteiger partial charge in [0.15, 0.2) is 6.04 Å². The Balaban J connectivity index is 2.23. The molecule has 0 radical (unpaired) electrons. The maximum Gasteiger partial charge on any atom is 0.331 e. The Bertz CT molecular complexity index is 583. The van der Waals surface area contributed by atoms with Crippen molar-refractivity contribution in [1.82, 2.24) is 15.0 Å². The summed E-state index contributed by atoms with van der Waals surface area (Å²) in [6, 6.07) is 6.55. The van der Waals surface area contributed by atoms with Gasteiger partial charge in [-0.25, -0.2) is 9.48 Å². The number of ether oxygens (including phenoxy) is 1. The minimum Gasteiger partial charge on any atom is -0.467 e. The summed E-state index contributed by atoms with van der Waals surface area (Å²) in [5.41, 5.74) is 1.32. The van der Waals surface area contributed by atoms with Gasteiger partial charge in [0.1, 0.15) is 5.69 Å². The number of aliphatic hydroxyl groups is 1. The molecule has 1 aromatic carbocycles. The van der Waals surface area contributed by atoms with Gasteiger partial charge in [-0.05, 0) is 17.7 Å². The number of aromatic nitrogens is 3. The Morgan fingerprint density at radius 2 is 2.15 bits per heavy atom. The maximum absolute atomic E-state index is 11.9. The third-order valence-corrected chi connectivity index (χ3v) is 3.11. The molecule has 1 aromatic heterocycles. The van der Waals surface area contributed by atoms with E-state index >= 15 is 0 Å². The van der Waals surface area contributed by atoms with Crippen LogP contribution in [0, 0.1) is 0 Å². The first kappa shape index (κ1) is 14.5. The standard InChI is InChI=1S/C13H14ClN3O3/c1-20-13(19)12(17-7-11(8-18)15-16-17)6-9-2-4-10(14)5-3-9/h2-5,7,12,18H,6,8H2,1H3. The number of nitrogens with zero attached hydrogens (tertiary/aromatic N) is 3. The topological polar surface area (TPSA) is 77.2 Å². The van der Waals surface area contributed by atoms with E-state index in [1.807, 2.05) is 12.1 Å². The van der Waals surface area contributed by atoms with Gasteiger partial charge in [-0.3, -0.25) is 0 Å². The van der Waals surface area contributed by atoms with Gasteiger partial charge in [-0.1, -0.05) is 28.9 Å². The molecule has 1 unspecified atom stereocenters. The van der Waals surface area contributed by atoms with E-state index in [4.69, 9.17) is 21.4 Å². The molecule has 6 nitrogen and oxygen atoms in total. The summed E-state index contributed by atoms with van der Waals surface area (Å²) in [4.78, 5) is 11.9. The largest absolute Gasteiger partial charge is 0.467 e. The van der Waals surface area contributed by atoms with Gasteiger partial charge < -0.3 is 9.84 Å². The van der Waals surface area contributed by atoms with Crippen molar-refractivity contribution in [3.05, 3.63) is 46.7 Å². The van der Waals surface area contributed by atoms with E-state index < -0.39 is 12.0 Å². The van der Waals surface area contributed by atoms with Crippen molar-refractivity contribution in [3.8, 4) is 0 Å². The normalized spacial score (nSPS) is 12.2. The number of aliphatic hydroxyl groups excluding tert-OH is 1. The first-order chi connectivity index (χ1) is 9.63. The maximum atomic E-state index is 11.9. The van der Waals surface area contributed by atoms with E-state index in [9.17, 15) is 4.79 Å². The van der Waals surface area contributed by atoms with Gasteiger partial charge in [-0.2, -0.15) is 0 Å². The smallest absolute Gasteiger partial charge is 0.331 e.